The summed E-state index contributed by atoms with van der Waals surface area (Å²) in [5.41, 5.74) is 0. The van der Waals surface area contributed by atoms with Crippen molar-refractivity contribution >= 4 is 0 Å². The van der Waals surface area contributed by atoms with Gasteiger partial charge in [0.1, 0.15) is 0 Å². The van der Waals surface area contributed by atoms with Gasteiger partial charge < -0.3 is 0 Å². The predicted molar refractivity (Wildman–Crippen MR) is 65.1 cm³/mol. The van der Waals surface area contributed by atoms with Crippen LogP contribution in [0.5, 0.6) is 0 Å². The van der Waals surface area contributed by atoms with E-state index in [0.29, 0.717) is 0 Å². The van der Waals surface area contributed by atoms with Gasteiger partial charge in [0.2, 0.25) is 0 Å². The lowest BCUT2D eigenvalue weighted by Crippen LogP contribution is -2.50. The molecule has 2 rings (SSSR count). The Morgan fingerprint density at radius 2 is 1.67 bits per heavy atom. The molecular weight excluding hydrogens is 184 g/mol. The van der Waals surface area contributed by atoms with Crippen molar-refractivity contribution in [2.75, 3.05) is 32.7 Å². The summed E-state index contributed by atoms with van der Waals surface area (Å²) >= 11 is 0. The summed E-state index contributed by atoms with van der Waals surface area (Å²) in [5.74, 6) is 0. The highest BCUT2D eigenvalue weighted by Crippen LogP contribution is 2.23. The van der Waals surface area contributed by atoms with E-state index in [-0.39, 0.29) is 0 Å². The average molecular weight is 208 g/mol. The fraction of sp³-hybridized carbons (Fsp3) is 0.846. The van der Waals surface area contributed by atoms with Gasteiger partial charge in [-0.05, 0) is 12.8 Å². The normalized spacial score (nSPS) is 26.7. The maximum Gasteiger partial charge on any atom is 0.0161 e. The maximum absolute atomic E-state index is 3.81. The fourth-order valence-corrected chi connectivity index (χ4v) is 2.94. The second-order valence-electron chi connectivity index (χ2n) is 4.92. The topological polar surface area (TPSA) is 6.48 Å². The van der Waals surface area contributed by atoms with Crippen molar-refractivity contribution in [3.05, 3.63) is 12.7 Å². The maximum atomic E-state index is 3.81. The van der Waals surface area contributed by atoms with Crippen LogP contribution in [0.1, 0.15) is 32.1 Å². The van der Waals surface area contributed by atoms with Crippen LogP contribution in [-0.4, -0.2) is 48.6 Å². The summed E-state index contributed by atoms with van der Waals surface area (Å²) in [6.07, 6.45) is 9.29. The van der Waals surface area contributed by atoms with Gasteiger partial charge in [0.25, 0.3) is 0 Å². The third kappa shape index (κ3) is 3.05. The lowest BCUT2D eigenvalue weighted by Gasteiger charge is -2.40. The molecule has 2 nitrogen and oxygen atoms in total. The third-order valence-corrected chi connectivity index (χ3v) is 3.89. The summed E-state index contributed by atoms with van der Waals surface area (Å²) < 4.78 is 0. The SMILES string of the molecule is C=CCN1CCN(C2CCCCC2)CC1. The molecule has 2 heteroatoms. The summed E-state index contributed by atoms with van der Waals surface area (Å²) in [7, 11) is 0. The van der Waals surface area contributed by atoms with Gasteiger partial charge in [-0.3, -0.25) is 9.80 Å². The largest absolute Gasteiger partial charge is 0.298 e. The van der Waals surface area contributed by atoms with E-state index in [1.807, 2.05) is 6.08 Å². The molecule has 0 radical (unpaired) electrons. The fourth-order valence-electron chi connectivity index (χ4n) is 2.94. The first-order valence-electron chi connectivity index (χ1n) is 6.47. The van der Waals surface area contributed by atoms with Crippen LogP contribution in [0.2, 0.25) is 0 Å². The number of rotatable bonds is 3. The molecule has 0 bridgehead atoms. The Kier molecular flexibility index (Phi) is 4.21. The van der Waals surface area contributed by atoms with Crippen molar-refractivity contribution < 1.29 is 0 Å². The molecule has 1 heterocycles. The van der Waals surface area contributed by atoms with Gasteiger partial charge in [-0.25, -0.2) is 0 Å². The molecule has 0 aromatic rings. The number of nitrogens with zero attached hydrogens (tertiary/aromatic N) is 2. The molecule has 0 aromatic heterocycles. The summed E-state index contributed by atoms with van der Waals surface area (Å²) in [6, 6.07) is 0.907. The van der Waals surface area contributed by atoms with Crippen LogP contribution in [0.4, 0.5) is 0 Å². The van der Waals surface area contributed by atoms with E-state index in [2.05, 4.69) is 16.4 Å². The van der Waals surface area contributed by atoms with Crippen molar-refractivity contribution in [2.45, 2.75) is 38.1 Å². The summed E-state index contributed by atoms with van der Waals surface area (Å²) in [5, 5.41) is 0. The lowest BCUT2D eigenvalue weighted by molar-refractivity contribution is 0.0847. The second-order valence-corrected chi connectivity index (χ2v) is 4.92. The van der Waals surface area contributed by atoms with Gasteiger partial charge in [-0.1, -0.05) is 25.3 Å². The number of piperazine rings is 1. The predicted octanol–water partition coefficient (Wildman–Crippen LogP) is 2.12. The van der Waals surface area contributed by atoms with E-state index in [1.165, 1.54) is 58.3 Å². The zero-order valence-electron chi connectivity index (χ0n) is 9.83. The molecule has 0 aromatic carbocycles. The first kappa shape index (κ1) is 11.2. The first-order valence-corrected chi connectivity index (χ1v) is 6.47. The highest BCUT2D eigenvalue weighted by Gasteiger charge is 2.24. The molecule has 0 atom stereocenters. The Morgan fingerprint density at radius 3 is 2.27 bits per heavy atom. The van der Waals surface area contributed by atoms with Gasteiger partial charge in [0.15, 0.2) is 0 Å². The van der Waals surface area contributed by atoms with E-state index in [1.54, 1.807) is 0 Å². The molecule has 1 saturated carbocycles. The highest BCUT2D eigenvalue weighted by molar-refractivity contribution is 4.83. The quantitative estimate of drug-likeness (QED) is 0.656. The van der Waals surface area contributed by atoms with Crippen molar-refractivity contribution in [3.63, 3.8) is 0 Å². The summed E-state index contributed by atoms with van der Waals surface area (Å²) in [6.45, 7) is 9.91. The van der Waals surface area contributed by atoms with Crippen LogP contribution < -0.4 is 0 Å². The molecule has 1 aliphatic carbocycles. The van der Waals surface area contributed by atoms with Crippen LogP contribution in [0, 0.1) is 0 Å². The minimum Gasteiger partial charge on any atom is -0.298 e. The zero-order valence-corrected chi connectivity index (χ0v) is 9.83. The summed E-state index contributed by atoms with van der Waals surface area (Å²) in [4.78, 5) is 5.23. The minimum atomic E-state index is 0.907. The van der Waals surface area contributed by atoms with Crippen LogP contribution in [0.15, 0.2) is 12.7 Å². The molecule has 2 fully saturated rings. The van der Waals surface area contributed by atoms with E-state index in [4.69, 9.17) is 0 Å². The standard InChI is InChI=1S/C13H24N2/c1-2-8-14-9-11-15(12-10-14)13-6-4-3-5-7-13/h2,13H,1,3-12H2. The molecule has 0 unspecified atom stereocenters. The van der Waals surface area contributed by atoms with Crippen molar-refractivity contribution in [3.8, 4) is 0 Å². The van der Waals surface area contributed by atoms with Crippen LogP contribution in [0.3, 0.4) is 0 Å². The van der Waals surface area contributed by atoms with Crippen molar-refractivity contribution in [1.82, 2.24) is 9.80 Å². The smallest absolute Gasteiger partial charge is 0.0161 e. The number of hydrogen-bond donors (Lipinski definition) is 0. The van der Waals surface area contributed by atoms with Gasteiger partial charge in [-0.15, -0.1) is 6.58 Å². The van der Waals surface area contributed by atoms with E-state index < -0.39 is 0 Å². The van der Waals surface area contributed by atoms with E-state index in [9.17, 15) is 0 Å². The van der Waals surface area contributed by atoms with Gasteiger partial charge in [0, 0.05) is 38.8 Å². The monoisotopic (exact) mass is 208 g/mol. The molecule has 15 heavy (non-hydrogen) atoms. The zero-order chi connectivity index (χ0) is 10.5. The Hall–Kier alpha value is -0.340. The molecule has 1 saturated heterocycles. The van der Waals surface area contributed by atoms with Gasteiger partial charge >= 0.3 is 0 Å². The Labute approximate surface area is 93.9 Å². The molecule has 86 valence electrons. The molecule has 2 aliphatic rings. The average Bonchev–Trinajstić information content (AvgIpc) is 2.32. The van der Waals surface area contributed by atoms with Crippen molar-refractivity contribution in [2.24, 2.45) is 0 Å². The van der Waals surface area contributed by atoms with Crippen LogP contribution in [-0.2, 0) is 0 Å². The highest BCUT2D eigenvalue weighted by atomic mass is 15.3. The van der Waals surface area contributed by atoms with E-state index in [0.717, 1.165) is 12.6 Å². The lowest BCUT2D eigenvalue weighted by atomic mass is 9.94. The molecule has 0 spiro atoms. The van der Waals surface area contributed by atoms with Gasteiger partial charge in [0.05, 0.1) is 0 Å². The van der Waals surface area contributed by atoms with E-state index >= 15 is 0 Å². The number of hydrogen-bond acceptors (Lipinski definition) is 2. The minimum absolute atomic E-state index is 0.907. The second kappa shape index (κ2) is 5.66. The Bertz CT molecular complexity index is 189. The van der Waals surface area contributed by atoms with Crippen LogP contribution in [0.25, 0.3) is 0 Å². The van der Waals surface area contributed by atoms with Gasteiger partial charge in [-0.2, -0.15) is 0 Å². The third-order valence-electron chi connectivity index (χ3n) is 3.89. The molecule has 0 amide bonds. The first-order chi connectivity index (χ1) is 7.40. The molecule has 1 aliphatic heterocycles. The molecular formula is C13H24N2. The van der Waals surface area contributed by atoms with Crippen molar-refractivity contribution in [1.29, 1.82) is 0 Å². The molecule has 0 N–H and O–H groups in total. The van der Waals surface area contributed by atoms with Crippen LogP contribution >= 0.6 is 0 Å². The Morgan fingerprint density at radius 1 is 1.00 bits per heavy atom. The Balaban J connectivity index is 1.74.